The molecule has 0 saturated carbocycles. The van der Waals surface area contributed by atoms with Crippen LogP contribution >= 0.6 is 0 Å². The summed E-state index contributed by atoms with van der Waals surface area (Å²) >= 11 is 0. The van der Waals surface area contributed by atoms with Crippen LogP contribution in [0.2, 0.25) is 0 Å². The van der Waals surface area contributed by atoms with Gasteiger partial charge in [-0.05, 0) is 104 Å². The quantitative estimate of drug-likeness (QED) is 0.175. The molecule has 0 aromatic heterocycles. The maximum absolute atomic E-state index is 2.56. The highest BCUT2D eigenvalue weighted by molar-refractivity contribution is 5.97. The van der Waals surface area contributed by atoms with Gasteiger partial charge in [-0.3, -0.25) is 0 Å². The largest absolute Gasteiger partial charge is 0.309 e. The van der Waals surface area contributed by atoms with Crippen molar-refractivity contribution in [2.45, 2.75) is 77.0 Å². The fraction of sp³-hybridized carbons (Fsp3) is 0.250. The van der Waals surface area contributed by atoms with Crippen LogP contribution in [0.15, 0.2) is 121 Å². The summed E-state index contributed by atoms with van der Waals surface area (Å²) in [4.78, 5) is 5.12. The van der Waals surface area contributed by atoms with Crippen LogP contribution in [0.4, 0.5) is 34.1 Å². The molecular weight excluding hydrogens is 605 g/mol. The van der Waals surface area contributed by atoms with Gasteiger partial charge in [-0.25, -0.2) is 0 Å². The van der Waals surface area contributed by atoms with Crippen molar-refractivity contribution in [2.75, 3.05) is 9.80 Å². The van der Waals surface area contributed by atoms with Gasteiger partial charge in [-0.1, -0.05) is 128 Å². The number of hydrogen-bond donors (Lipinski definition) is 0. The fourth-order valence-corrected chi connectivity index (χ4v) is 10.1. The van der Waals surface area contributed by atoms with Crippen LogP contribution < -0.4 is 9.80 Å². The van der Waals surface area contributed by atoms with Gasteiger partial charge in [-0.2, -0.15) is 0 Å². The molecule has 0 fully saturated rings. The van der Waals surface area contributed by atoms with Gasteiger partial charge >= 0.3 is 0 Å². The zero-order valence-electron chi connectivity index (χ0n) is 30.4. The molecule has 10 rings (SSSR count). The standard InChI is InChI=1S/C48H44N2/c1-45(2)31-17-9-13-21-39(31)49-40-22-14-10-18-32(40)46(3,4)36-26-29(25-35(45)43(36)49)30-27-37-44-38(28-30)48(7,8)34-20-12-16-24-42(34)50(44)41-23-15-11-19-33(41)47(37,5)6/h9-28H,1-8H3. The third-order valence-electron chi connectivity index (χ3n) is 13.0. The highest BCUT2D eigenvalue weighted by atomic mass is 15.2. The SMILES string of the molecule is CC1(C)c2ccccc2N2c3ccccc3C(C)(C)c3cc(-c4cc5c6c(c4)C(C)(C)c4ccccc4N6c4ccccc4C5(C)C)cc1c32. The maximum atomic E-state index is 2.56. The average molecular weight is 649 g/mol. The number of nitrogens with zero attached hydrogens (tertiary/aromatic N) is 2. The van der Waals surface area contributed by atoms with Gasteiger partial charge in [0.15, 0.2) is 0 Å². The molecule has 4 aliphatic heterocycles. The second-order valence-corrected chi connectivity index (χ2v) is 17.1. The number of para-hydroxylation sites is 4. The summed E-state index contributed by atoms with van der Waals surface area (Å²) in [6, 6.07) is 46.3. The highest BCUT2D eigenvalue weighted by Crippen LogP contribution is 2.63. The molecule has 0 atom stereocenters. The first-order valence-corrected chi connectivity index (χ1v) is 18.2. The topological polar surface area (TPSA) is 6.48 Å². The van der Waals surface area contributed by atoms with Crippen LogP contribution in [-0.4, -0.2) is 0 Å². The zero-order valence-corrected chi connectivity index (χ0v) is 30.4. The molecule has 246 valence electrons. The fourth-order valence-electron chi connectivity index (χ4n) is 10.1. The number of hydrogen-bond acceptors (Lipinski definition) is 2. The molecule has 0 N–H and O–H groups in total. The molecule has 6 aromatic carbocycles. The van der Waals surface area contributed by atoms with Crippen LogP contribution in [-0.2, 0) is 21.7 Å². The van der Waals surface area contributed by atoms with Gasteiger partial charge < -0.3 is 9.80 Å². The number of rotatable bonds is 1. The molecule has 4 aliphatic rings. The van der Waals surface area contributed by atoms with E-state index in [4.69, 9.17) is 0 Å². The van der Waals surface area contributed by atoms with Crippen molar-refractivity contribution in [1.82, 2.24) is 0 Å². The molecule has 0 aliphatic carbocycles. The molecule has 0 amide bonds. The van der Waals surface area contributed by atoms with E-state index in [1.54, 1.807) is 0 Å². The number of anilines is 6. The summed E-state index contributed by atoms with van der Waals surface area (Å²) in [5.41, 5.74) is 20.9. The molecule has 0 unspecified atom stereocenters. The van der Waals surface area contributed by atoms with Gasteiger partial charge in [0.2, 0.25) is 0 Å². The lowest BCUT2D eigenvalue weighted by molar-refractivity contribution is 0.595. The lowest BCUT2D eigenvalue weighted by atomic mass is 9.64. The third kappa shape index (κ3) is 3.49. The Morgan fingerprint density at radius 2 is 0.520 bits per heavy atom. The van der Waals surface area contributed by atoms with Crippen molar-refractivity contribution < 1.29 is 0 Å². The van der Waals surface area contributed by atoms with Crippen molar-refractivity contribution in [3.63, 3.8) is 0 Å². The summed E-state index contributed by atoms with van der Waals surface area (Å²) < 4.78 is 0. The zero-order chi connectivity index (χ0) is 34.5. The van der Waals surface area contributed by atoms with E-state index in [-0.39, 0.29) is 21.7 Å². The first-order valence-electron chi connectivity index (χ1n) is 18.2. The van der Waals surface area contributed by atoms with E-state index in [9.17, 15) is 0 Å². The van der Waals surface area contributed by atoms with Gasteiger partial charge in [-0.15, -0.1) is 0 Å². The Hall–Kier alpha value is -5.08. The van der Waals surface area contributed by atoms with E-state index in [1.165, 1.54) is 89.8 Å². The van der Waals surface area contributed by atoms with E-state index in [2.05, 4.69) is 187 Å². The van der Waals surface area contributed by atoms with Gasteiger partial charge in [0.1, 0.15) is 0 Å². The Morgan fingerprint density at radius 1 is 0.300 bits per heavy atom. The van der Waals surface area contributed by atoms with Crippen molar-refractivity contribution in [3.05, 3.63) is 166 Å². The summed E-state index contributed by atoms with van der Waals surface area (Å²) in [5, 5.41) is 0. The maximum Gasteiger partial charge on any atom is 0.0544 e. The van der Waals surface area contributed by atoms with E-state index in [1.807, 2.05) is 0 Å². The summed E-state index contributed by atoms with van der Waals surface area (Å²) in [6.45, 7) is 19.4. The molecule has 6 aromatic rings. The monoisotopic (exact) mass is 648 g/mol. The Kier molecular flexibility index (Phi) is 5.59. The second-order valence-electron chi connectivity index (χ2n) is 17.1. The smallest absolute Gasteiger partial charge is 0.0544 e. The lowest BCUT2D eigenvalue weighted by Gasteiger charge is -2.50. The van der Waals surface area contributed by atoms with Crippen LogP contribution in [0, 0.1) is 0 Å². The number of fused-ring (bicyclic) bond motifs is 8. The minimum absolute atomic E-state index is 0.175. The van der Waals surface area contributed by atoms with Crippen molar-refractivity contribution in [1.29, 1.82) is 0 Å². The average Bonchev–Trinajstić information content (AvgIpc) is 3.11. The molecule has 4 heterocycles. The van der Waals surface area contributed by atoms with Gasteiger partial charge in [0.05, 0.1) is 34.1 Å². The van der Waals surface area contributed by atoms with Crippen molar-refractivity contribution in [3.8, 4) is 11.1 Å². The Labute approximate surface area is 297 Å². The van der Waals surface area contributed by atoms with Crippen molar-refractivity contribution in [2.24, 2.45) is 0 Å². The summed E-state index contributed by atoms with van der Waals surface area (Å²) in [6.07, 6.45) is 0. The molecule has 0 radical (unpaired) electrons. The van der Waals surface area contributed by atoms with E-state index in [0.29, 0.717) is 0 Å². The molecule has 2 nitrogen and oxygen atoms in total. The second kappa shape index (κ2) is 9.37. The lowest BCUT2D eigenvalue weighted by Crippen LogP contribution is -2.38. The highest BCUT2D eigenvalue weighted by Gasteiger charge is 2.48. The molecular formula is C48H44N2. The predicted molar refractivity (Wildman–Crippen MR) is 210 cm³/mol. The minimum atomic E-state index is -0.175. The van der Waals surface area contributed by atoms with Gasteiger partial charge in [0.25, 0.3) is 0 Å². The Morgan fingerprint density at radius 3 is 0.760 bits per heavy atom. The van der Waals surface area contributed by atoms with Crippen LogP contribution in [0.1, 0.15) is 99.9 Å². The first-order chi connectivity index (χ1) is 23.8. The van der Waals surface area contributed by atoms with E-state index in [0.717, 1.165) is 0 Å². The molecule has 0 bridgehead atoms. The van der Waals surface area contributed by atoms with Crippen LogP contribution in [0.3, 0.4) is 0 Å². The first kappa shape index (κ1) is 29.8. The molecule has 2 heteroatoms. The summed E-state index contributed by atoms with van der Waals surface area (Å²) in [5.74, 6) is 0. The van der Waals surface area contributed by atoms with Crippen LogP contribution in [0.25, 0.3) is 11.1 Å². The predicted octanol–water partition coefficient (Wildman–Crippen LogP) is 12.9. The minimum Gasteiger partial charge on any atom is -0.309 e. The van der Waals surface area contributed by atoms with Gasteiger partial charge in [0, 0.05) is 21.7 Å². The molecule has 0 saturated heterocycles. The number of benzene rings is 6. The normalized spacial score (nSPS) is 18.6. The van der Waals surface area contributed by atoms with Crippen LogP contribution in [0.5, 0.6) is 0 Å². The Bertz CT molecular complexity index is 2120. The summed E-state index contributed by atoms with van der Waals surface area (Å²) in [7, 11) is 0. The molecule has 0 spiro atoms. The Balaban J connectivity index is 1.29. The van der Waals surface area contributed by atoms with E-state index < -0.39 is 0 Å². The van der Waals surface area contributed by atoms with E-state index >= 15 is 0 Å². The third-order valence-corrected chi connectivity index (χ3v) is 13.0. The van der Waals surface area contributed by atoms with Crippen molar-refractivity contribution >= 4 is 34.1 Å². The molecule has 50 heavy (non-hydrogen) atoms.